The Hall–Kier alpha value is -2.11. The first-order valence-electron chi connectivity index (χ1n) is 6.49. The molecule has 1 amide bonds. The van der Waals surface area contributed by atoms with Gasteiger partial charge in [-0.2, -0.15) is 0 Å². The van der Waals surface area contributed by atoms with E-state index in [9.17, 15) is 14.9 Å². The summed E-state index contributed by atoms with van der Waals surface area (Å²) in [4.78, 5) is 22.2. The Morgan fingerprint density at radius 3 is 2.50 bits per heavy atom. The Labute approximate surface area is 118 Å². The highest BCUT2D eigenvalue weighted by Gasteiger charge is 2.20. The SMILES string of the molecule is Cc1cccc([N+](=O)[O-])c1NCCNC(=O)C(C)(C)C. The average molecular weight is 279 g/mol. The summed E-state index contributed by atoms with van der Waals surface area (Å²) in [5.41, 5.74) is 0.922. The third kappa shape index (κ3) is 4.22. The summed E-state index contributed by atoms with van der Waals surface area (Å²) >= 11 is 0. The molecule has 0 aromatic heterocycles. The summed E-state index contributed by atoms with van der Waals surface area (Å²) in [6.07, 6.45) is 0. The van der Waals surface area contributed by atoms with Crippen LogP contribution in [0.1, 0.15) is 26.3 Å². The number of benzene rings is 1. The zero-order valence-corrected chi connectivity index (χ0v) is 12.3. The van der Waals surface area contributed by atoms with E-state index in [-0.39, 0.29) is 11.6 Å². The van der Waals surface area contributed by atoms with E-state index in [1.807, 2.05) is 33.8 Å². The van der Waals surface area contributed by atoms with E-state index in [1.165, 1.54) is 6.07 Å². The maximum Gasteiger partial charge on any atom is 0.292 e. The molecule has 0 saturated carbocycles. The number of aryl methyl sites for hydroxylation is 1. The van der Waals surface area contributed by atoms with Gasteiger partial charge in [-0.3, -0.25) is 14.9 Å². The molecule has 1 aromatic carbocycles. The molecule has 6 nitrogen and oxygen atoms in total. The quantitative estimate of drug-likeness (QED) is 0.492. The molecule has 2 N–H and O–H groups in total. The van der Waals surface area contributed by atoms with Gasteiger partial charge in [0.25, 0.3) is 5.69 Å². The molecule has 0 unspecified atom stereocenters. The van der Waals surface area contributed by atoms with Gasteiger partial charge in [0.15, 0.2) is 0 Å². The van der Waals surface area contributed by atoms with Gasteiger partial charge in [0, 0.05) is 24.6 Å². The number of nitrogens with zero attached hydrogens (tertiary/aromatic N) is 1. The van der Waals surface area contributed by atoms with E-state index in [2.05, 4.69) is 10.6 Å². The highest BCUT2D eigenvalue weighted by atomic mass is 16.6. The normalized spacial score (nSPS) is 11.0. The fourth-order valence-electron chi connectivity index (χ4n) is 1.66. The third-order valence-electron chi connectivity index (χ3n) is 2.84. The molecule has 0 radical (unpaired) electrons. The van der Waals surface area contributed by atoms with Crippen molar-refractivity contribution in [2.75, 3.05) is 18.4 Å². The van der Waals surface area contributed by atoms with E-state index in [0.717, 1.165) is 5.56 Å². The van der Waals surface area contributed by atoms with E-state index < -0.39 is 10.3 Å². The van der Waals surface area contributed by atoms with Gasteiger partial charge in [-0.1, -0.05) is 32.9 Å². The van der Waals surface area contributed by atoms with E-state index >= 15 is 0 Å². The summed E-state index contributed by atoms with van der Waals surface area (Å²) in [5.74, 6) is -0.0430. The first-order valence-corrected chi connectivity index (χ1v) is 6.49. The first-order chi connectivity index (χ1) is 9.23. The van der Waals surface area contributed by atoms with Crippen LogP contribution in [-0.2, 0) is 4.79 Å². The summed E-state index contributed by atoms with van der Waals surface area (Å²) in [5, 5.41) is 16.7. The molecule has 110 valence electrons. The van der Waals surface area contributed by atoms with Crippen molar-refractivity contribution in [1.29, 1.82) is 0 Å². The van der Waals surface area contributed by atoms with Gasteiger partial charge >= 0.3 is 0 Å². The molecule has 0 spiro atoms. The van der Waals surface area contributed by atoms with Crippen LogP contribution in [0.15, 0.2) is 18.2 Å². The largest absolute Gasteiger partial charge is 0.378 e. The Bertz CT molecular complexity index is 507. The van der Waals surface area contributed by atoms with Crippen LogP contribution in [0.2, 0.25) is 0 Å². The van der Waals surface area contributed by atoms with E-state index in [0.29, 0.717) is 18.8 Å². The van der Waals surface area contributed by atoms with Crippen LogP contribution in [0, 0.1) is 22.5 Å². The lowest BCUT2D eigenvalue weighted by Gasteiger charge is -2.18. The molecule has 0 heterocycles. The number of hydrogen-bond donors (Lipinski definition) is 2. The fraction of sp³-hybridized carbons (Fsp3) is 0.500. The molecule has 20 heavy (non-hydrogen) atoms. The predicted octanol–water partition coefficient (Wildman–Crippen LogP) is 2.48. The molecule has 0 atom stereocenters. The molecule has 0 fully saturated rings. The van der Waals surface area contributed by atoms with Gasteiger partial charge in [0.1, 0.15) is 5.69 Å². The van der Waals surface area contributed by atoms with Gasteiger partial charge in [-0.25, -0.2) is 0 Å². The number of nitro groups is 1. The molecule has 0 bridgehead atoms. The Morgan fingerprint density at radius 1 is 1.30 bits per heavy atom. The predicted molar refractivity (Wildman–Crippen MR) is 78.8 cm³/mol. The van der Waals surface area contributed by atoms with Crippen molar-refractivity contribution in [2.24, 2.45) is 5.41 Å². The average Bonchev–Trinajstić information content (AvgIpc) is 2.34. The monoisotopic (exact) mass is 279 g/mol. The number of para-hydroxylation sites is 1. The number of carbonyl (C=O) groups is 1. The van der Waals surface area contributed by atoms with Crippen molar-refractivity contribution in [3.63, 3.8) is 0 Å². The second-order valence-electron chi connectivity index (χ2n) is 5.66. The molecule has 1 rings (SSSR count). The Balaban J connectivity index is 2.59. The molecular formula is C14H21N3O3. The molecule has 1 aromatic rings. The van der Waals surface area contributed by atoms with Crippen molar-refractivity contribution in [2.45, 2.75) is 27.7 Å². The van der Waals surface area contributed by atoms with Gasteiger partial charge in [0.2, 0.25) is 5.91 Å². The maximum absolute atomic E-state index is 11.7. The van der Waals surface area contributed by atoms with Crippen molar-refractivity contribution in [3.8, 4) is 0 Å². The first kappa shape index (κ1) is 15.9. The zero-order chi connectivity index (χ0) is 15.3. The van der Waals surface area contributed by atoms with Gasteiger partial charge < -0.3 is 10.6 Å². The number of rotatable bonds is 5. The van der Waals surface area contributed by atoms with Crippen LogP contribution in [-0.4, -0.2) is 23.9 Å². The van der Waals surface area contributed by atoms with Crippen LogP contribution >= 0.6 is 0 Å². The lowest BCUT2D eigenvalue weighted by Crippen LogP contribution is -2.37. The smallest absolute Gasteiger partial charge is 0.292 e. The summed E-state index contributed by atoms with van der Waals surface area (Å²) in [6.45, 7) is 8.17. The van der Waals surface area contributed by atoms with Crippen LogP contribution in [0.5, 0.6) is 0 Å². The van der Waals surface area contributed by atoms with E-state index in [1.54, 1.807) is 6.07 Å². The minimum Gasteiger partial charge on any atom is -0.378 e. The molecule has 0 aliphatic carbocycles. The van der Waals surface area contributed by atoms with Crippen LogP contribution in [0.4, 0.5) is 11.4 Å². The molecule has 0 aliphatic heterocycles. The van der Waals surface area contributed by atoms with Crippen molar-refractivity contribution in [1.82, 2.24) is 5.32 Å². The lowest BCUT2D eigenvalue weighted by atomic mass is 9.96. The molecule has 0 saturated heterocycles. The fourth-order valence-corrected chi connectivity index (χ4v) is 1.66. The minimum atomic E-state index is -0.436. The number of anilines is 1. The highest BCUT2D eigenvalue weighted by molar-refractivity contribution is 5.81. The summed E-state index contributed by atoms with van der Waals surface area (Å²) in [7, 11) is 0. The van der Waals surface area contributed by atoms with Crippen LogP contribution in [0.25, 0.3) is 0 Å². The standard InChI is InChI=1S/C14H21N3O3/c1-10-6-5-7-11(17(19)20)12(10)15-8-9-16-13(18)14(2,3)4/h5-7,15H,8-9H2,1-4H3,(H,16,18). The highest BCUT2D eigenvalue weighted by Crippen LogP contribution is 2.27. The Morgan fingerprint density at radius 2 is 1.95 bits per heavy atom. The molecular weight excluding hydrogens is 258 g/mol. The number of nitrogens with one attached hydrogen (secondary N) is 2. The van der Waals surface area contributed by atoms with Crippen molar-refractivity contribution >= 4 is 17.3 Å². The molecule has 0 aliphatic rings. The summed E-state index contributed by atoms with van der Waals surface area (Å²) in [6, 6.07) is 4.92. The third-order valence-corrected chi connectivity index (χ3v) is 2.84. The maximum atomic E-state index is 11.7. The number of hydrogen-bond acceptors (Lipinski definition) is 4. The minimum absolute atomic E-state index is 0.0430. The van der Waals surface area contributed by atoms with E-state index in [4.69, 9.17) is 0 Å². The Kier molecular flexibility index (Phi) is 5.07. The molecule has 6 heteroatoms. The van der Waals surface area contributed by atoms with Gasteiger partial charge in [-0.05, 0) is 12.5 Å². The second kappa shape index (κ2) is 6.36. The number of amides is 1. The second-order valence-corrected chi connectivity index (χ2v) is 5.66. The van der Waals surface area contributed by atoms with Gasteiger partial charge in [-0.15, -0.1) is 0 Å². The zero-order valence-electron chi connectivity index (χ0n) is 12.3. The lowest BCUT2D eigenvalue weighted by molar-refractivity contribution is -0.384. The van der Waals surface area contributed by atoms with Crippen molar-refractivity contribution < 1.29 is 9.72 Å². The number of carbonyl (C=O) groups excluding carboxylic acids is 1. The number of nitro benzene ring substituents is 1. The summed E-state index contributed by atoms with van der Waals surface area (Å²) < 4.78 is 0. The van der Waals surface area contributed by atoms with Crippen LogP contribution in [0.3, 0.4) is 0 Å². The topological polar surface area (TPSA) is 84.3 Å². The van der Waals surface area contributed by atoms with Crippen LogP contribution < -0.4 is 10.6 Å². The van der Waals surface area contributed by atoms with Gasteiger partial charge in [0.05, 0.1) is 4.92 Å². The van der Waals surface area contributed by atoms with Crippen molar-refractivity contribution in [3.05, 3.63) is 33.9 Å².